The van der Waals surface area contributed by atoms with Crippen molar-refractivity contribution < 1.29 is 5.11 Å². The Hall–Kier alpha value is -0.120. The van der Waals surface area contributed by atoms with Crippen LogP contribution in [0.25, 0.3) is 0 Å². The Morgan fingerprint density at radius 2 is 2.00 bits per heavy atom. The monoisotopic (exact) mass is 214 g/mol. The lowest BCUT2D eigenvalue weighted by Crippen LogP contribution is -2.34. The molecule has 0 aromatic heterocycles. The maximum atomic E-state index is 9.77. The first-order chi connectivity index (χ1) is 7.20. The number of hydrogen-bond donors (Lipinski definition) is 2. The third-order valence-electron chi connectivity index (χ3n) is 3.23. The Morgan fingerprint density at radius 1 is 1.27 bits per heavy atom. The Balaban J connectivity index is 1.99. The van der Waals surface area contributed by atoms with Crippen LogP contribution in [0.15, 0.2) is 0 Å². The van der Waals surface area contributed by atoms with Crippen LogP contribution in [0.5, 0.6) is 0 Å². The molecule has 0 aromatic rings. The molecule has 90 valence electrons. The summed E-state index contributed by atoms with van der Waals surface area (Å²) in [5.74, 6) is 0.498. The number of aliphatic hydroxyl groups excluding tert-OH is 1. The van der Waals surface area contributed by atoms with Crippen LogP contribution in [0.2, 0.25) is 0 Å². The molecule has 15 heavy (non-hydrogen) atoms. The van der Waals surface area contributed by atoms with E-state index in [4.69, 9.17) is 0 Å². The molecule has 0 heterocycles. The van der Waals surface area contributed by atoms with Gasteiger partial charge in [0, 0.05) is 6.54 Å². The minimum absolute atomic E-state index is 0.0555. The fraction of sp³-hybridized carbons (Fsp3) is 1.00. The maximum Gasteiger partial charge on any atom is 0.0580 e. The molecule has 2 unspecified atom stereocenters. The summed E-state index contributed by atoms with van der Waals surface area (Å²) in [5, 5.41) is 13.2. The van der Waals surface area contributed by atoms with Gasteiger partial charge in [0.2, 0.25) is 0 Å². The molecule has 0 amide bonds. The van der Waals surface area contributed by atoms with Crippen LogP contribution in [-0.4, -0.2) is 49.8 Å². The van der Waals surface area contributed by atoms with E-state index in [1.54, 1.807) is 0 Å². The van der Waals surface area contributed by atoms with Gasteiger partial charge in [0.05, 0.1) is 6.10 Å². The van der Waals surface area contributed by atoms with Crippen molar-refractivity contribution in [1.29, 1.82) is 0 Å². The molecular formula is C12H26N2O. The Morgan fingerprint density at radius 3 is 2.67 bits per heavy atom. The van der Waals surface area contributed by atoms with Crippen LogP contribution in [0.1, 0.15) is 32.1 Å². The largest absolute Gasteiger partial charge is 0.393 e. The highest BCUT2D eigenvalue weighted by Gasteiger charge is 2.21. The smallest absolute Gasteiger partial charge is 0.0580 e. The Bertz CT molecular complexity index is 162. The van der Waals surface area contributed by atoms with Crippen molar-refractivity contribution in [3.05, 3.63) is 0 Å². The molecule has 3 heteroatoms. The van der Waals surface area contributed by atoms with Gasteiger partial charge in [0.1, 0.15) is 0 Å². The minimum atomic E-state index is -0.0555. The zero-order valence-electron chi connectivity index (χ0n) is 10.2. The molecule has 2 atom stereocenters. The molecule has 3 nitrogen and oxygen atoms in total. The molecule has 1 aliphatic rings. The number of hydrogen-bond acceptors (Lipinski definition) is 3. The topological polar surface area (TPSA) is 35.5 Å². The first-order valence-electron chi connectivity index (χ1n) is 6.23. The number of aliphatic hydroxyl groups is 1. The number of nitrogens with zero attached hydrogens (tertiary/aromatic N) is 1. The second-order valence-corrected chi connectivity index (χ2v) is 4.97. The van der Waals surface area contributed by atoms with Crippen molar-refractivity contribution in [2.24, 2.45) is 5.92 Å². The summed E-state index contributed by atoms with van der Waals surface area (Å²) < 4.78 is 0. The summed E-state index contributed by atoms with van der Waals surface area (Å²) in [6, 6.07) is 0. The van der Waals surface area contributed by atoms with E-state index in [2.05, 4.69) is 24.3 Å². The highest BCUT2D eigenvalue weighted by Crippen LogP contribution is 2.23. The molecule has 1 rings (SSSR count). The number of rotatable bonds is 6. The molecule has 0 saturated heterocycles. The molecule has 0 radical (unpaired) electrons. The Labute approximate surface area is 93.9 Å². The van der Waals surface area contributed by atoms with Crippen molar-refractivity contribution in [2.75, 3.05) is 33.7 Å². The van der Waals surface area contributed by atoms with E-state index >= 15 is 0 Å². The second-order valence-electron chi connectivity index (χ2n) is 4.97. The third-order valence-corrected chi connectivity index (χ3v) is 3.23. The lowest BCUT2D eigenvalue weighted by atomic mass is 9.86. The fourth-order valence-corrected chi connectivity index (χ4v) is 2.23. The standard InChI is InChI=1S/C12H26N2O/c1-14(2)9-5-8-13-10-11-6-3-4-7-12(11)15/h11-13,15H,3-10H2,1-2H3. The van der Waals surface area contributed by atoms with Crippen LogP contribution < -0.4 is 5.32 Å². The van der Waals surface area contributed by atoms with E-state index < -0.39 is 0 Å². The van der Waals surface area contributed by atoms with E-state index in [-0.39, 0.29) is 6.10 Å². The zero-order chi connectivity index (χ0) is 11.1. The van der Waals surface area contributed by atoms with Crippen LogP contribution in [0, 0.1) is 5.92 Å². The summed E-state index contributed by atoms with van der Waals surface area (Å²) in [6.45, 7) is 3.20. The summed E-state index contributed by atoms with van der Waals surface area (Å²) >= 11 is 0. The molecule has 1 saturated carbocycles. The third kappa shape index (κ3) is 5.50. The molecule has 0 spiro atoms. The highest BCUT2D eigenvalue weighted by atomic mass is 16.3. The van der Waals surface area contributed by atoms with Crippen molar-refractivity contribution >= 4 is 0 Å². The van der Waals surface area contributed by atoms with Gasteiger partial charge in [0.25, 0.3) is 0 Å². The predicted molar refractivity (Wildman–Crippen MR) is 64.0 cm³/mol. The zero-order valence-corrected chi connectivity index (χ0v) is 10.2. The summed E-state index contributed by atoms with van der Waals surface area (Å²) in [5.41, 5.74) is 0. The van der Waals surface area contributed by atoms with Gasteiger partial charge in [-0.05, 0) is 52.4 Å². The second kappa shape index (κ2) is 7.20. The minimum Gasteiger partial charge on any atom is -0.393 e. The lowest BCUT2D eigenvalue weighted by molar-refractivity contribution is 0.0696. The summed E-state index contributed by atoms with van der Waals surface area (Å²) in [6.07, 6.45) is 5.83. The van der Waals surface area contributed by atoms with Crippen LogP contribution >= 0.6 is 0 Å². The van der Waals surface area contributed by atoms with Crippen molar-refractivity contribution in [3.8, 4) is 0 Å². The van der Waals surface area contributed by atoms with Gasteiger partial charge in [-0.2, -0.15) is 0 Å². The van der Waals surface area contributed by atoms with E-state index in [0.717, 1.165) is 26.1 Å². The molecule has 0 aliphatic heterocycles. The summed E-state index contributed by atoms with van der Waals surface area (Å²) in [7, 11) is 4.20. The van der Waals surface area contributed by atoms with E-state index in [1.165, 1.54) is 25.7 Å². The Kier molecular flexibility index (Phi) is 6.22. The van der Waals surface area contributed by atoms with Crippen LogP contribution in [-0.2, 0) is 0 Å². The van der Waals surface area contributed by atoms with Gasteiger partial charge in [-0.3, -0.25) is 0 Å². The van der Waals surface area contributed by atoms with E-state index in [0.29, 0.717) is 5.92 Å². The van der Waals surface area contributed by atoms with E-state index in [1.807, 2.05) is 0 Å². The maximum absolute atomic E-state index is 9.77. The van der Waals surface area contributed by atoms with Gasteiger partial charge >= 0.3 is 0 Å². The predicted octanol–water partition coefficient (Wildman–Crippen LogP) is 1.08. The van der Waals surface area contributed by atoms with Gasteiger partial charge < -0.3 is 15.3 Å². The first-order valence-corrected chi connectivity index (χ1v) is 6.23. The van der Waals surface area contributed by atoms with Gasteiger partial charge in [-0.15, -0.1) is 0 Å². The van der Waals surface area contributed by atoms with Crippen molar-refractivity contribution in [1.82, 2.24) is 10.2 Å². The first kappa shape index (κ1) is 12.9. The van der Waals surface area contributed by atoms with Crippen LogP contribution in [0.4, 0.5) is 0 Å². The quantitative estimate of drug-likeness (QED) is 0.650. The highest BCUT2D eigenvalue weighted by molar-refractivity contribution is 4.76. The summed E-state index contributed by atoms with van der Waals surface area (Å²) in [4.78, 5) is 2.21. The van der Waals surface area contributed by atoms with Crippen molar-refractivity contribution in [2.45, 2.75) is 38.2 Å². The molecule has 1 aliphatic carbocycles. The van der Waals surface area contributed by atoms with Gasteiger partial charge in [-0.1, -0.05) is 12.8 Å². The van der Waals surface area contributed by atoms with E-state index in [9.17, 15) is 5.11 Å². The number of nitrogens with one attached hydrogen (secondary N) is 1. The molecule has 0 bridgehead atoms. The fourth-order valence-electron chi connectivity index (χ4n) is 2.23. The molecule has 2 N–H and O–H groups in total. The molecule has 0 aromatic carbocycles. The molecular weight excluding hydrogens is 188 g/mol. The molecule has 1 fully saturated rings. The average molecular weight is 214 g/mol. The normalized spacial score (nSPS) is 27.2. The van der Waals surface area contributed by atoms with Crippen LogP contribution in [0.3, 0.4) is 0 Å². The van der Waals surface area contributed by atoms with Gasteiger partial charge in [-0.25, -0.2) is 0 Å². The average Bonchev–Trinajstić information content (AvgIpc) is 2.20. The lowest BCUT2D eigenvalue weighted by Gasteiger charge is -2.27. The SMILES string of the molecule is CN(C)CCCNCC1CCCCC1O. The van der Waals surface area contributed by atoms with Crippen molar-refractivity contribution in [3.63, 3.8) is 0 Å². The van der Waals surface area contributed by atoms with Gasteiger partial charge in [0.15, 0.2) is 0 Å².